The van der Waals surface area contributed by atoms with Gasteiger partial charge < -0.3 is 14.7 Å². The minimum atomic E-state index is -4.64. The summed E-state index contributed by atoms with van der Waals surface area (Å²) in [6.45, 7) is 0. The summed E-state index contributed by atoms with van der Waals surface area (Å²) in [6, 6.07) is 0. The smallest absolute Gasteiger partial charge is 0.303 e. The van der Waals surface area contributed by atoms with E-state index in [1.54, 1.807) is 0 Å². The first-order valence-electron chi connectivity index (χ1n) is 1.25. The van der Waals surface area contributed by atoms with Crippen molar-refractivity contribution in [3.8, 4) is 0 Å². The second-order valence-corrected chi connectivity index (χ2v) is 1.68. The largest absolute Gasteiger partial charge is 0.466 e. The fraction of sp³-hybridized carbons (Fsp3) is 0. The van der Waals surface area contributed by atoms with E-state index in [1.807, 2.05) is 0 Å². The Morgan fingerprint density at radius 2 is 1.25 bits per heavy atom. The summed E-state index contributed by atoms with van der Waals surface area (Å²) in [6.07, 6.45) is 0. The molecule has 0 aromatic rings. The Kier molecular flexibility index (Phi) is 6.98. The third-order valence-corrected chi connectivity index (χ3v) is 0. The maximum absolute atomic E-state index is 8.88. The van der Waals surface area contributed by atoms with Gasteiger partial charge in [-0.3, -0.25) is 0 Å². The van der Waals surface area contributed by atoms with Gasteiger partial charge in [-0.1, -0.05) is 0 Å². The first-order chi connectivity index (χ1) is 3.41. The lowest BCUT2D eigenvalue weighted by molar-refractivity contribution is 0.142. The molecule has 0 unspecified atom stereocenters. The monoisotopic (exact) mass is 146 g/mol. The van der Waals surface area contributed by atoms with Crippen molar-refractivity contribution in [1.29, 1.82) is 0 Å². The molecule has 0 saturated heterocycles. The molecule has 0 aliphatic carbocycles. The topological polar surface area (TPSA) is 139 Å². The van der Waals surface area contributed by atoms with Crippen LogP contribution in [0.25, 0.3) is 0 Å². The summed E-state index contributed by atoms with van der Waals surface area (Å²) in [5.41, 5.74) is 0. The molecule has 8 heteroatoms. The van der Waals surface area contributed by atoms with Gasteiger partial charge in [-0.05, 0) is 0 Å². The van der Waals surface area contributed by atoms with Crippen LogP contribution >= 0.6 is 7.82 Å². The lowest BCUT2D eigenvalue weighted by Gasteiger charge is -1.82. The zero-order chi connectivity index (χ0) is 7.21. The van der Waals surface area contributed by atoms with Gasteiger partial charge in [-0.15, -0.1) is 0 Å². The van der Waals surface area contributed by atoms with Gasteiger partial charge in [0.2, 0.25) is 0 Å². The van der Waals surface area contributed by atoms with E-state index in [0.29, 0.717) is 0 Å². The summed E-state index contributed by atoms with van der Waals surface area (Å²) in [5.74, 6) is 8.25. The summed E-state index contributed by atoms with van der Waals surface area (Å²) in [7, 11) is -4.64. The van der Waals surface area contributed by atoms with Crippen LogP contribution in [0.2, 0.25) is 0 Å². The third-order valence-electron chi connectivity index (χ3n) is 0. The average Bonchev–Trinajstić information content (AvgIpc) is 1.27. The van der Waals surface area contributed by atoms with Crippen molar-refractivity contribution in [2.24, 2.45) is 11.8 Å². The fourth-order valence-corrected chi connectivity index (χ4v) is 0. The van der Waals surface area contributed by atoms with Crippen LogP contribution in [-0.4, -0.2) is 14.7 Å². The first-order valence-corrected chi connectivity index (χ1v) is 2.82. The minimum absolute atomic E-state index is 3.25. The Balaban J connectivity index is 0. The first kappa shape index (κ1) is 10.9. The number of hydrogen-bond acceptors (Lipinski definition) is 4. The zero-order valence-electron chi connectivity index (χ0n) is 3.76. The quantitative estimate of drug-likeness (QED) is 0.193. The predicted octanol–water partition coefficient (Wildman–Crippen LogP) is -2.18. The maximum Gasteiger partial charge on any atom is 0.466 e. The molecular weight excluding hydrogens is 139 g/mol. The lowest BCUT2D eigenvalue weighted by Crippen LogP contribution is -2.03. The van der Waals surface area contributed by atoms with E-state index in [4.69, 9.17) is 19.2 Å². The summed E-state index contributed by atoms with van der Waals surface area (Å²) in [5, 5.41) is 0. The lowest BCUT2D eigenvalue weighted by atomic mass is 13.3. The highest BCUT2D eigenvalue weighted by molar-refractivity contribution is 7.45. The molecule has 7 N–H and O–H groups in total. The molecule has 0 amide bonds. The minimum Gasteiger partial charge on any atom is -0.303 e. The van der Waals surface area contributed by atoms with E-state index < -0.39 is 7.82 Å². The van der Waals surface area contributed by atoms with Gasteiger partial charge in [-0.2, -0.15) is 11.8 Å². The van der Waals surface area contributed by atoms with Gasteiger partial charge in [0.1, 0.15) is 0 Å². The molecule has 0 heterocycles. The Labute approximate surface area is 45.0 Å². The normalized spacial score (nSPS) is 9.62. The van der Waals surface area contributed by atoms with E-state index in [1.165, 1.54) is 0 Å². The highest BCUT2D eigenvalue weighted by Crippen LogP contribution is 2.25. The molecule has 52 valence electrons. The van der Waals surface area contributed by atoms with Crippen molar-refractivity contribution in [2.75, 3.05) is 0 Å². The Hall–Kier alpha value is -0.0100. The second-order valence-electron chi connectivity index (χ2n) is 0.649. The molecule has 0 aliphatic rings. The number of rotatable bonds is 0. The SMILES string of the molecule is NON.O=P(O)(O)O. The van der Waals surface area contributed by atoms with Gasteiger partial charge >= 0.3 is 7.82 Å². The van der Waals surface area contributed by atoms with Crippen molar-refractivity contribution in [3.05, 3.63) is 0 Å². The molecule has 0 fully saturated rings. The molecule has 0 rings (SSSR count). The van der Waals surface area contributed by atoms with Crippen LogP contribution in [0.3, 0.4) is 0 Å². The Bertz CT molecular complexity index is 66.2. The van der Waals surface area contributed by atoms with Gasteiger partial charge in [0.15, 0.2) is 0 Å². The van der Waals surface area contributed by atoms with Crippen molar-refractivity contribution < 1.29 is 24.2 Å². The van der Waals surface area contributed by atoms with Crippen LogP contribution in [0.4, 0.5) is 0 Å². The highest BCUT2D eigenvalue weighted by atomic mass is 31.2. The Morgan fingerprint density at radius 1 is 1.25 bits per heavy atom. The molecule has 0 spiro atoms. The van der Waals surface area contributed by atoms with Crippen molar-refractivity contribution in [3.63, 3.8) is 0 Å². The van der Waals surface area contributed by atoms with Gasteiger partial charge in [0.25, 0.3) is 0 Å². The standard InChI is InChI=1S/H4N2O.H3O4P/c1-3-2;1-5(2,3)4/h1-2H2;(H3,1,2,3,4). The fourth-order valence-electron chi connectivity index (χ4n) is 0. The number of hydrogen-bond donors (Lipinski definition) is 5. The molecule has 8 heavy (non-hydrogen) atoms. The molecule has 0 aromatic heterocycles. The summed E-state index contributed by atoms with van der Waals surface area (Å²) < 4.78 is 8.88. The average molecular weight is 146 g/mol. The molecule has 0 aromatic carbocycles. The van der Waals surface area contributed by atoms with Crippen molar-refractivity contribution in [2.45, 2.75) is 0 Å². The molecule has 0 bridgehead atoms. The maximum atomic E-state index is 8.88. The Morgan fingerprint density at radius 3 is 1.25 bits per heavy atom. The molecular formula is H7N2O5P. The van der Waals surface area contributed by atoms with Crippen LogP contribution in [0.5, 0.6) is 0 Å². The predicted molar refractivity (Wildman–Crippen MR) is 23.7 cm³/mol. The number of phosphoric acid groups is 1. The number of nitrogens with two attached hydrogens (primary N) is 2. The van der Waals surface area contributed by atoms with Crippen molar-refractivity contribution >= 4 is 7.82 Å². The molecule has 0 saturated carbocycles. The van der Waals surface area contributed by atoms with Crippen LogP contribution in [0.15, 0.2) is 0 Å². The van der Waals surface area contributed by atoms with Crippen LogP contribution in [-0.2, 0) is 9.50 Å². The summed E-state index contributed by atoms with van der Waals surface area (Å²) in [4.78, 5) is 24.8. The van der Waals surface area contributed by atoms with E-state index in [0.717, 1.165) is 0 Å². The van der Waals surface area contributed by atoms with Gasteiger partial charge in [0, 0.05) is 0 Å². The van der Waals surface area contributed by atoms with E-state index in [2.05, 4.69) is 16.7 Å². The van der Waals surface area contributed by atoms with Gasteiger partial charge in [-0.25, -0.2) is 9.50 Å². The van der Waals surface area contributed by atoms with Crippen LogP contribution in [0.1, 0.15) is 0 Å². The molecule has 0 aliphatic heterocycles. The molecule has 7 nitrogen and oxygen atoms in total. The van der Waals surface area contributed by atoms with Crippen molar-refractivity contribution in [1.82, 2.24) is 0 Å². The van der Waals surface area contributed by atoms with Crippen LogP contribution < -0.4 is 11.8 Å². The van der Waals surface area contributed by atoms with E-state index in [-0.39, 0.29) is 0 Å². The van der Waals surface area contributed by atoms with Crippen LogP contribution in [0, 0.1) is 0 Å². The molecule has 0 radical (unpaired) electrons. The highest BCUT2D eigenvalue weighted by Gasteiger charge is 2.00. The summed E-state index contributed by atoms with van der Waals surface area (Å²) >= 11 is 0. The van der Waals surface area contributed by atoms with E-state index >= 15 is 0 Å². The molecule has 0 atom stereocenters. The third kappa shape index (κ3) is 1490000. The zero-order valence-corrected chi connectivity index (χ0v) is 4.65. The second kappa shape index (κ2) is 5.13. The van der Waals surface area contributed by atoms with E-state index in [9.17, 15) is 0 Å². The van der Waals surface area contributed by atoms with Gasteiger partial charge in [0.05, 0.1) is 0 Å².